The first-order valence-corrected chi connectivity index (χ1v) is 3.78. The molecule has 68 valence electrons. The molecule has 0 bridgehead atoms. The predicted molar refractivity (Wildman–Crippen MR) is 43.7 cm³/mol. The van der Waals surface area contributed by atoms with E-state index in [1.165, 1.54) is 17.2 Å². The minimum absolute atomic E-state index is 0.232. The molecule has 1 rings (SSSR count). The number of nitrogens with zero attached hydrogens (tertiary/aromatic N) is 3. The minimum atomic E-state index is -0.232. The fourth-order valence-corrected chi connectivity index (χ4v) is 0.838. The number of hydrogen-bond acceptors (Lipinski definition) is 4. The van der Waals surface area contributed by atoms with E-state index in [1.54, 1.807) is 7.05 Å². The van der Waals surface area contributed by atoms with Gasteiger partial charge in [-0.15, -0.1) is 0 Å². The maximum atomic E-state index is 11.4. The average molecular weight is 179 g/mol. The van der Waals surface area contributed by atoms with Crippen LogP contribution in [0.25, 0.3) is 0 Å². The lowest BCUT2D eigenvalue weighted by Gasteiger charge is -2.12. The van der Waals surface area contributed by atoms with Gasteiger partial charge in [-0.05, 0) is 0 Å². The van der Waals surface area contributed by atoms with Crippen molar-refractivity contribution in [1.82, 2.24) is 10.1 Å². The fourth-order valence-electron chi connectivity index (χ4n) is 0.838. The second kappa shape index (κ2) is 4.26. The Morgan fingerprint density at radius 3 is 3.15 bits per heavy atom. The van der Waals surface area contributed by atoms with Crippen molar-refractivity contribution >= 4 is 5.91 Å². The molecule has 0 N–H and O–H groups in total. The lowest BCUT2D eigenvalue weighted by molar-refractivity contribution is 0.0788. The normalized spacial score (nSPS) is 9.23. The van der Waals surface area contributed by atoms with Crippen molar-refractivity contribution < 1.29 is 9.32 Å². The summed E-state index contributed by atoms with van der Waals surface area (Å²) in [5.41, 5.74) is 0.264. The zero-order chi connectivity index (χ0) is 9.68. The molecule has 1 aromatic heterocycles. The van der Waals surface area contributed by atoms with Gasteiger partial charge in [0, 0.05) is 19.7 Å². The number of nitriles is 1. The van der Waals surface area contributed by atoms with Crippen LogP contribution in [0, 0.1) is 11.3 Å². The lowest BCUT2D eigenvalue weighted by atomic mass is 10.3. The van der Waals surface area contributed by atoms with Gasteiger partial charge in [-0.3, -0.25) is 4.79 Å². The van der Waals surface area contributed by atoms with Crippen LogP contribution < -0.4 is 0 Å². The highest BCUT2D eigenvalue weighted by Gasteiger charge is 2.13. The molecular weight excluding hydrogens is 170 g/mol. The first-order chi connectivity index (χ1) is 6.25. The average Bonchev–Trinajstić information content (AvgIpc) is 2.65. The number of carbonyl (C=O) groups excluding carboxylic acids is 1. The van der Waals surface area contributed by atoms with Crippen molar-refractivity contribution in [2.24, 2.45) is 0 Å². The van der Waals surface area contributed by atoms with Crippen molar-refractivity contribution in [2.45, 2.75) is 6.42 Å². The van der Waals surface area contributed by atoms with E-state index < -0.39 is 0 Å². The maximum Gasteiger partial charge on any atom is 0.275 e. The molecule has 0 atom stereocenters. The van der Waals surface area contributed by atoms with Crippen LogP contribution in [0.15, 0.2) is 16.9 Å². The Kier molecular flexibility index (Phi) is 3.03. The van der Waals surface area contributed by atoms with Gasteiger partial charge in [-0.25, -0.2) is 0 Å². The summed E-state index contributed by atoms with van der Waals surface area (Å²) in [5, 5.41) is 11.8. The molecule has 0 saturated heterocycles. The van der Waals surface area contributed by atoms with Gasteiger partial charge >= 0.3 is 0 Å². The molecular formula is C8H9N3O2. The molecule has 0 radical (unpaired) electrons. The summed E-state index contributed by atoms with van der Waals surface area (Å²) in [4.78, 5) is 12.8. The van der Waals surface area contributed by atoms with Crippen LogP contribution in [-0.4, -0.2) is 29.6 Å². The zero-order valence-corrected chi connectivity index (χ0v) is 7.23. The third-order valence-electron chi connectivity index (χ3n) is 1.56. The molecule has 0 aliphatic rings. The standard InChI is InChI=1S/C8H9N3O2/c1-11(5-2-4-9)8(12)7-3-6-13-10-7/h3,6H,2,5H2,1H3. The van der Waals surface area contributed by atoms with Gasteiger partial charge in [0.15, 0.2) is 5.69 Å². The highest BCUT2D eigenvalue weighted by molar-refractivity contribution is 5.91. The molecule has 0 aliphatic carbocycles. The fraction of sp³-hybridized carbons (Fsp3) is 0.375. The molecule has 0 fully saturated rings. The van der Waals surface area contributed by atoms with Gasteiger partial charge in [-0.2, -0.15) is 5.26 Å². The van der Waals surface area contributed by atoms with Crippen LogP contribution in [0.1, 0.15) is 16.9 Å². The monoisotopic (exact) mass is 179 g/mol. The van der Waals surface area contributed by atoms with E-state index in [-0.39, 0.29) is 11.6 Å². The van der Waals surface area contributed by atoms with E-state index in [1.807, 2.05) is 6.07 Å². The first-order valence-electron chi connectivity index (χ1n) is 3.78. The second-order valence-corrected chi connectivity index (χ2v) is 2.52. The van der Waals surface area contributed by atoms with Gasteiger partial charge in [0.1, 0.15) is 6.26 Å². The summed E-state index contributed by atoms with van der Waals surface area (Å²) in [6, 6.07) is 3.45. The highest BCUT2D eigenvalue weighted by Crippen LogP contribution is 2.00. The number of aromatic nitrogens is 1. The van der Waals surface area contributed by atoms with E-state index >= 15 is 0 Å². The summed E-state index contributed by atoms with van der Waals surface area (Å²) in [5.74, 6) is -0.232. The molecule has 5 heteroatoms. The van der Waals surface area contributed by atoms with E-state index in [0.717, 1.165) is 0 Å². The SMILES string of the molecule is CN(CCC#N)C(=O)c1ccon1. The molecule has 0 saturated carbocycles. The highest BCUT2D eigenvalue weighted by atomic mass is 16.5. The number of carbonyl (C=O) groups is 1. The Bertz CT molecular complexity index is 313. The second-order valence-electron chi connectivity index (χ2n) is 2.52. The van der Waals surface area contributed by atoms with Crippen LogP contribution in [0.3, 0.4) is 0 Å². The van der Waals surface area contributed by atoms with Crippen molar-refractivity contribution in [3.8, 4) is 6.07 Å². The Balaban J connectivity index is 2.54. The molecule has 1 amide bonds. The lowest BCUT2D eigenvalue weighted by Crippen LogP contribution is -2.27. The molecule has 5 nitrogen and oxygen atoms in total. The topological polar surface area (TPSA) is 70.1 Å². The van der Waals surface area contributed by atoms with E-state index in [9.17, 15) is 4.79 Å². The Hall–Kier alpha value is -1.83. The zero-order valence-electron chi connectivity index (χ0n) is 7.23. The van der Waals surface area contributed by atoms with Crippen LogP contribution in [0.5, 0.6) is 0 Å². The third kappa shape index (κ3) is 2.30. The molecule has 1 aromatic rings. The molecule has 0 unspecified atom stereocenters. The predicted octanol–water partition coefficient (Wildman–Crippen LogP) is 0.660. The van der Waals surface area contributed by atoms with Crippen molar-refractivity contribution in [3.63, 3.8) is 0 Å². The Labute approximate surface area is 75.5 Å². The van der Waals surface area contributed by atoms with E-state index in [2.05, 4.69) is 9.68 Å². The Morgan fingerprint density at radius 1 is 1.85 bits per heavy atom. The molecule has 13 heavy (non-hydrogen) atoms. The van der Waals surface area contributed by atoms with E-state index in [4.69, 9.17) is 5.26 Å². The summed E-state index contributed by atoms with van der Waals surface area (Å²) in [6.45, 7) is 0.405. The number of amides is 1. The summed E-state index contributed by atoms with van der Waals surface area (Å²) >= 11 is 0. The number of hydrogen-bond donors (Lipinski definition) is 0. The van der Waals surface area contributed by atoms with Crippen LogP contribution in [-0.2, 0) is 0 Å². The van der Waals surface area contributed by atoms with Gasteiger partial charge in [-0.1, -0.05) is 5.16 Å². The van der Waals surface area contributed by atoms with Crippen molar-refractivity contribution in [3.05, 3.63) is 18.0 Å². The van der Waals surface area contributed by atoms with Gasteiger partial charge < -0.3 is 9.42 Å². The quantitative estimate of drug-likeness (QED) is 0.683. The maximum absolute atomic E-state index is 11.4. The van der Waals surface area contributed by atoms with Crippen LogP contribution in [0.4, 0.5) is 0 Å². The van der Waals surface area contributed by atoms with Crippen molar-refractivity contribution in [2.75, 3.05) is 13.6 Å². The largest absolute Gasteiger partial charge is 0.364 e. The Morgan fingerprint density at radius 2 is 2.62 bits per heavy atom. The summed E-state index contributed by atoms with van der Waals surface area (Å²) in [6.07, 6.45) is 1.66. The number of rotatable bonds is 3. The van der Waals surface area contributed by atoms with Crippen molar-refractivity contribution in [1.29, 1.82) is 5.26 Å². The summed E-state index contributed by atoms with van der Waals surface area (Å²) < 4.78 is 4.53. The smallest absolute Gasteiger partial charge is 0.275 e. The molecule has 0 spiro atoms. The molecule has 1 heterocycles. The third-order valence-corrected chi connectivity index (χ3v) is 1.56. The molecule has 0 aliphatic heterocycles. The van der Waals surface area contributed by atoms with Crippen LogP contribution >= 0.6 is 0 Å². The molecule has 0 aromatic carbocycles. The first kappa shape index (κ1) is 9.26. The van der Waals surface area contributed by atoms with Gasteiger partial charge in [0.25, 0.3) is 5.91 Å². The van der Waals surface area contributed by atoms with Gasteiger partial charge in [0.05, 0.1) is 12.5 Å². The van der Waals surface area contributed by atoms with E-state index in [0.29, 0.717) is 13.0 Å². The summed E-state index contributed by atoms with van der Waals surface area (Å²) in [7, 11) is 1.62. The van der Waals surface area contributed by atoms with Gasteiger partial charge in [0.2, 0.25) is 0 Å². The van der Waals surface area contributed by atoms with Crippen LogP contribution in [0.2, 0.25) is 0 Å². The minimum Gasteiger partial charge on any atom is -0.364 e.